The van der Waals surface area contributed by atoms with Gasteiger partial charge < -0.3 is 9.74 Å². The smallest absolute Gasteiger partial charge is 0.339 e. The Kier molecular flexibility index (Phi) is 6.79. The summed E-state index contributed by atoms with van der Waals surface area (Å²) in [6.07, 6.45) is 6.64. The van der Waals surface area contributed by atoms with E-state index in [0.29, 0.717) is 11.6 Å². The zero-order valence-electron chi connectivity index (χ0n) is 23.4. The molecule has 0 aliphatic carbocycles. The number of benzene rings is 2. The van der Waals surface area contributed by atoms with Crippen molar-refractivity contribution in [1.29, 1.82) is 0 Å². The molecule has 3 heterocycles. The minimum Gasteiger partial charge on any atom is -0.344 e. The van der Waals surface area contributed by atoms with Gasteiger partial charge in [-0.3, -0.25) is 9.59 Å². The van der Waals surface area contributed by atoms with Gasteiger partial charge in [-0.15, -0.1) is 5.06 Å². The molecule has 0 spiro atoms. The van der Waals surface area contributed by atoms with Gasteiger partial charge in [0.25, 0.3) is 11.8 Å². The molecular formula is C32H36N3O4+. The normalized spacial score (nSPS) is 20.4. The second-order valence-electron chi connectivity index (χ2n) is 11.3. The predicted molar refractivity (Wildman–Crippen MR) is 151 cm³/mol. The van der Waals surface area contributed by atoms with Crippen LogP contribution in [0.5, 0.6) is 0 Å². The van der Waals surface area contributed by atoms with E-state index in [4.69, 9.17) is 4.84 Å². The summed E-state index contributed by atoms with van der Waals surface area (Å²) >= 11 is 0. The van der Waals surface area contributed by atoms with Gasteiger partial charge in [0, 0.05) is 53.9 Å². The van der Waals surface area contributed by atoms with Gasteiger partial charge in [0.15, 0.2) is 12.3 Å². The van der Waals surface area contributed by atoms with E-state index in [9.17, 15) is 14.4 Å². The predicted octanol–water partition coefficient (Wildman–Crippen LogP) is 5.32. The largest absolute Gasteiger partial charge is 0.344 e. The number of allylic oxidation sites excluding steroid dienone is 4. The summed E-state index contributed by atoms with van der Waals surface area (Å²) in [5.41, 5.74) is 6.70. The fraction of sp³-hybridized carbons (Fsp3) is 0.375. The molecule has 2 aromatic carbocycles. The van der Waals surface area contributed by atoms with Crippen molar-refractivity contribution in [2.75, 3.05) is 18.0 Å². The van der Waals surface area contributed by atoms with Gasteiger partial charge in [0.1, 0.15) is 6.42 Å². The SMILES string of the molecule is CCN1C(=CC=CC2=[N+](CCC(=O)ON3C(=O)CCC3=O)c3ccccc3C2(C)C)C(C)(C)c2ccccc21. The average Bonchev–Trinajstić information content (AvgIpc) is 3.43. The molecule has 0 saturated carbocycles. The van der Waals surface area contributed by atoms with Gasteiger partial charge >= 0.3 is 5.97 Å². The van der Waals surface area contributed by atoms with E-state index in [2.05, 4.69) is 98.7 Å². The number of nitrogens with zero attached hydrogens (tertiary/aromatic N) is 3. The number of para-hydroxylation sites is 2. The molecule has 202 valence electrons. The zero-order chi connectivity index (χ0) is 27.9. The Balaban J connectivity index is 1.44. The van der Waals surface area contributed by atoms with Crippen LogP contribution in [0.1, 0.15) is 65.0 Å². The Morgan fingerprint density at radius 3 is 2.28 bits per heavy atom. The number of fused-ring (bicyclic) bond motifs is 2. The Bertz CT molecular complexity index is 1430. The lowest BCUT2D eigenvalue weighted by atomic mass is 9.81. The highest BCUT2D eigenvalue weighted by atomic mass is 16.7. The maximum Gasteiger partial charge on any atom is 0.339 e. The molecule has 0 radical (unpaired) electrons. The van der Waals surface area contributed by atoms with Gasteiger partial charge in [0.2, 0.25) is 5.69 Å². The Morgan fingerprint density at radius 1 is 0.949 bits per heavy atom. The first-order valence-electron chi connectivity index (χ1n) is 13.6. The van der Waals surface area contributed by atoms with Crippen LogP contribution in [0, 0.1) is 0 Å². The standard InChI is InChI=1S/C32H36N3O4/c1-6-33-24-14-9-7-12-22(24)31(2,3)26(33)16-11-17-27-32(4,5)23-13-8-10-15-25(23)34(27)21-20-30(38)39-35-28(36)18-19-29(35)37/h7-17H,6,18-21H2,1-5H3/q+1. The molecule has 39 heavy (non-hydrogen) atoms. The summed E-state index contributed by atoms with van der Waals surface area (Å²) in [5, 5.41) is 0.613. The lowest BCUT2D eigenvalue weighted by molar-refractivity contribution is -0.437. The first-order chi connectivity index (χ1) is 18.6. The van der Waals surface area contributed by atoms with Crippen LogP contribution in [0.25, 0.3) is 0 Å². The highest BCUT2D eigenvalue weighted by molar-refractivity contribution is 6.03. The van der Waals surface area contributed by atoms with Crippen molar-refractivity contribution in [3.05, 3.63) is 83.6 Å². The molecule has 3 aliphatic heterocycles. The van der Waals surface area contributed by atoms with Crippen molar-refractivity contribution in [1.82, 2.24) is 5.06 Å². The monoisotopic (exact) mass is 526 g/mol. The molecule has 2 amide bonds. The number of hydrogen-bond acceptors (Lipinski definition) is 5. The summed E-state index contributed by atoms with van der Waals surface area (Å²) < 4.78 is 2.14. The second-order valence-corrected chi connectivity index (χ2v) is 11.3. The van der Waals surface area contributed by atoms with Crippen molar-refractivity contribution in [2.24, 2.45) is 0 Å². The first-order valence-corrected chi connectivity index (χ1v) is 13.6. The number of carbonyl (C=O) groups is 3. The molecule has 0 unspecified atom stereocenters. The zero-order valence-corrected chi connectivity index (χ0v) is 23.4. The fourth-order valence-corrected chi connectivity index (χ4v) is 6.10. The van der Waals surface area contributed by atoms with E-state index < -0.39 is 17.8 Å². The maximum absolute atomic E-state index is 12.6. The maximum atomic E-state index is 12.6. The number of hydroxylamine groups is 2. The Labute approximate surface area is 230 Å². The second kappa shape index (κ2) is 9.95. The van der Waals surface area contributed by atoms with E-state index in [0.717, 1.165) is 17.9 Å². The van der Waals surface area contributed by atoms with Crippen molar-refractivity contribution < 1.29 is 23.8 Å². The molecule has 0 aromatic heterocycles. The number of amides is 2. The van der Waals surface area contributed by atoms with Crippen LogP contribution >= 0.6 is 0 Å². The van der Waals surface area contributed by atoms with Gasteiger partial charge in [-0.25, -0.2) is 4.79 Å². The van der Waals surface area contributed by atoms with Crippen LogP contribution in [0.4, 0.5) is 11.4 Å². The number of carbonyl (C=O) groups excluding carboxylic acids is 3. The highest BCUT2D eigenvalue weighted by Crippen LogP contribution is 2.47. The molecule has 5 rings (SSSR count). The number of anilines is 1. The topological polar surface area (TPSA) is 69.9 Å². The summed E-state index contributed by atoms with van der Waals surface area (Å²) in [7, 11) is 0. The third-order valence-electron chi connectivity index (χ3n) is 8.16. The summed E-state index contributed by atoms with van der Waals surface area (Å²) in [6, 6.07) is 16.8. The minimum absolute atomic E-state index is 0.0336. The molecule has 7 nitrogen and oxygen atoms in total. The summed E-state index contributed by atoms with van der Waals surface area (Å²) in [4.78, 5) is 43.9. The van der Waals surface area contributed by atoms with E-state index in [1.807, 2.05) is 12.1 Å². The van der Waals surface area contributed by atoms with Crippen LogP contribution in [0.15, 0.2) is 72.5 Å². The van der Waals surface area contributed by atoms with E-state index in [-0.39, 0.29) is 30.1 Å². The van der Waals surface area contributed by atoms with Crippen molar-refractivity contribution in [2.45, 2.75) is 64.7 Å². The highest BCUT2D eigenvalue weighted by Gasteiger charge is 2.44. The number of hydrogen-bond donors (Lipinski definition) is 0. The minimum atomic E-state index is -0.602. The third kappa shape index (κ3) is 4.50. The molecule has 0 atom stereocenters. The van der Waals surface area contributed by atoms with Gasteiger partial charge in [0.05, 0.1) is 5.41 Å². The molecule has 0 N–H and O–H groups in total. The summed E-state index contributed by atoms with van der Waals surface area (Å²) in [5.74, 6) is -1.54. The average molecular weight is 527 g/mol. The quantitative estimate of drug-likeness (QED) is 0.361. The van der Waals surface area contributed by atoms with E-state index in [1.54, 1.807) is 0 Å². The molecular weight excluding hydrogens is 490 g/mol. The molecule has 3 aliphatic rings. The number of likely N-dealkylation sites (N-methyl/N-ethyl adjacent to an activating group) is 1. The number of imide groups is 1. The van der Waals surface area contributed by atoms with Crippen molar-refractivity contribution in [3.8, 4) is 0 Å². The third-order valence-corrected chi connectivity index (χ3v) is 8.16. The molecule has 0 bridgehead atoms. The molecule has 1 fully saturated rings. The van der Waals surface area contributed by atoms with Gasteiger partial charge in [-0.1, -0.05) is 56.3 Å². The lowest BCUT2D eigenvalue weighted by Crippen LogP contribution is -2.33. The van der Waals surface area contributed by atoms with Gasteiger partial charge in [-0.2, -0.15) is 4.58 Å². The fourth-order valence-electron chi connectivity index (χ4n) is 6.10. The molecule has 7 heteroatoms. The molecule has 1 saturated heterocycles. The Morgan fingerprint density at radius 2 is 1.59 bits per heavy atom. The van der Waals surface area contributed by atoms with Crippen LogP contribution in [0.2, 0.25) is 0 Å². The first kappa shape index (κ1) is 26.6. The van der Waals surface area contributed by atoms with Crippen LogP contribution in [-0.2, 0) is 30.1 Å². The van der Waals surface area contributed by atoms with E-state index in [1.165, 1.54) is 22.5 Å². The number of rotatable bonds is 7. The van der Waals surface area contributed by atoms with Crippen LogP contribution in [-0.4, -0.2) is 46.2 Å². The Hall–Kier alpha value is -4.00. The van der Waals surface area contributed by atoms with Gasteiger partial charge in [-0.05, 0) is 38.5 Å². The van der Waals surface area contributed by atoms with Crippen molar-refractivity contribution >= 4 is 34.9 Å². The lowest BCUT2D eigenvalue weighted by Gasteiger charge is -2.25. The van der Waals surface area contributed by atoms with E-state index >= 15 is 0 Å². The van der Waals surface area contributed by atoms with Crippen LogP contribution in [0.3, 0.4) is 0 Å². The van der Waals surface area contributed by atoms with Crippen LogP contribution < -0.4 is 4.90 Å². The molecule has 2 aromatic rings. The summed E-state index contributed by atoms with van der Waals surface area (Å²) in [6.45, 7) is 12.3. The van der Waals surface area contributed by atoms with Crippen molar-refractivity contribution in [3.63, 3.8) is 0 Å².